The number of likely N-dealkylation sites (tertiary alicyclic amines) is 1. The Morgan fingerprint density at radius 3 is 2.68 bits per heavy atom. The van der Waals surface area contributed by atoms with Crippen molar-refractivity contribution in [2.75, 3.05) is 26.8 Å². The Bertz CT molecular complexity index is 977. The summed E-state index contributed by atoms with van der Waals surface area (Å²) < 4.78 is 24.3. The highest BCUT2D eigenvalue weighted by Crippen LogP contribution is 2.33. The molecule has 1 amide bonds. The van der Waals surface area contributed by atoms with E-state index >= 15 is 0 Å². The van der Waals surface area contributed by atoms with Crippen LogP contribution in [0.25, 0.3) is 10.9 Å². The number of nitrogens with zero attached hydrogens (tertiary/aromatic N) is 1. The first-order valence-corrected chi connectivity index (χ1v) is 9.46. The third-order valence-electron chi connectivity index (χ3n) is 5.38. The molecule has 2 heterocycles. The van der Waals surface area contributed by atoms with Crippen molar-refractivity contribution < 1.29 is 18.7 Å². The van der Waals surface area contributed by atoms with Crippen molar-refractivity contribution in [3.63, 3.8) is 0 Å². The highest BCUT2D eigenvalue weighted by atomic mass is 19.1. The first-order valence-electron chi connectivity index (χ1n) is 9.46. The molecule has 0 spiro atoms. The van der Waals surface area contributed by atoms with Gasteiger partial charge in [0.05, 0.1) is 7.11 Å². The topological polar surface area (TPSA) is 54.6 Å². The lowest BCUT2D eigenvalue weighted by molar-refractivity contribution is -0.134. The molecule has 0 unspecified atom stereocenters. The van der Waals surface area contributed by atoms with E-state index in [2.05, 4.69) is 4.98 Å². The van der Waals surface area contributed by atoms with Gasteiger partial charge in [0.15, 0.2) is 18.1 Å². The lowest BCUT2D eigenvalue weighted by Gasteiger charge is -2.32. The van der Waals surface area contributed by atoms with Gasteiger partial charge >= 0.3 is 0 Å². The smallest absolute Gasteiger partial charge is 0.260 e. The van der Waals surface area contributed by atoms with E-state index in [0.29, 0.717) is 30.5 Å². The molecule has 1 aliphatic heterocycles. The monoisotopic (exact) mass is 382 g/mol. The molecular formula is C22H23FN2O3. The van der Waals surface area contributed by atoms with Gasteiger partial charge in [0.2, 0.25) is 0 Å². The molecule has 0 saturated carbocycles. The number of H-pyrrole nitrogens is 1. The van der Waals surface area contributed by atoms with Crippen molar-refractivity contribution in [1.29, 1.82) is 0 Å². The first-order chi connectivity index (χ1) is 13.7. The number of hydrogen-bond donors (Lipinski definition) is 1. The van der Waals surface area contributed by atoms with Gasteiger partial charge in [-0.15, -0.1) is 0 Å². The second-order valence-electron chi connectivity index (χ2n) is 7.03. The minimum Gasteiger partial charge on any atom is -0.493 e. The summed E-state index contributed by atoms with van der Waals surface area (Å²) in [4.78, 5) is 17.5. The molecule has 1 aromatic heterocycles. The number of para-hydroxylation sites is 2. The number of carbonyl (C=O) groups excluding carboxylic acids is 1. The molecule has 1 aliphatic rings. The maximum atomic E-state index is 13.4. The van der Waals surface area contributed by atoms with Crippen molar-refractivity contribution in [3.05, 3.63) is 60.0 Å². The van der Waals surface area contributed by atoms with Gasteiger partial charge in [0, 0.05) is 30.2 Å². The van der Waals surface area contributed by atoms with Crippen molar-refractivity contribution in [3.8, 4) is 11.5 Å². The predicted molar refractivity (Wildman–Crippen MR) is 105 cm³/mol. The number of methoxy groups -OCH3 is 1. The molecule has 28 heavy (non-hydrogen) atoms. The Hall–Kier alpha value is -3.02. The Morgan fingerprint density at radius 2 is 1.93 bits per heavy atom. The summed E-state index contributed by atoms with van der Waals surface area (Å²) in [5.41, 5.74) is 2.02. The van der Waals surface area contributed by atoms with E-state index in [1.165, 1.54) is 17.7 Å². The third kappa shape index (κ3) is 3.67. The van der Waals surface area contributed by atoms with Crippen molar-refractivity contribution in [2.45, 2.75) is 18.8 Å². The zero-order valence-electron chi connectivity index (χ0n) is 15.8. The predicted octanol–water partition coefficient (Wildman–Crippen LogP) is 4.10. The van der Waals surface area contributed by atoms with Crippen LogP contribution in [0.3, 0.4) is 0 Å². The normalized spacial score (nSPS) is 15.0. The third-order valence-corrected chi connectivity index (χ3v) is 5.38. The van der Waals surface area contributed by atoms with Crippen molar-refractivity contribution >= 4 is 16.8 Å². The number of amides is 1. The largest absolute Gasteiger partial charge is 0.493 e. The molecule has 0 bridgehead atoms. The molecule has 6 heteroatoms. The molecule has 146 valence electrons. The maximum absolute atomic E-state index is 13.4. The molecule has 0 atom stereocenters. The molecule has 1 fully saturated rings. The van der Waals surface area contributed by atoms with Crippen LogP contribution in [0.15, 0.2) is 48.7 Å². The highest BCUT2D eigenvalue weighted by Gasteiger charge is 2.25. The fraction of sp³-hybridized carbons (Fsp3) is 0.318. The second-order valence-corrected chi connectivity index (χ2v) is 7.03. The SMILES string of the molecule is COc1ccccc1OCC(=O)N1CCC(c2c[nH]c3cc(F)ccc23)CC1. The van der Waals surface area contributed by atoms with E-state index in [9.17, 15) is 9.18 Å². The zero-order chi connectivity index (χ0) is 19.5. The van der Waals surface area contributed by atoms with Crippen LogP contribution < -0.4 is 9.47 Å². The van der Waals surface area contributed by atoms with Gasteiger partial charge in [-0.25, -0.2) is 4.39 Å². The number of benzene rings is 2. The van der Waals surface area contributed by atoms with Crippen LogP contribution in [-0.2, 0) is 4.79 Å². The fourth-order valence-electron chi connectivity index (χ4n) is 3.87. The fourth-order valence-corrected chi connectivity index (χ4v) is 3.87. The van der Waals surface area contributed by atoms with Gasteiger partial charge in [-0.3, -0.25) is 4.79 Å². The van der Waals surface area contributed by atoms with Gasteiger partial charge in [0.25, 0.3) is 5.91 Å². The van der Waals surface area contributed by atoms with Gasteiger partial charge in [-0.05, 0) is 54.7 Å². The number of carbonyl (C=O) groups is 1. The molecular weight excluding hydrogens is 359 g/mol. The summed E-state index contributed by atoms with van der Waals surface area (Å²) in [5, 5.41) is 1.06. The molecule has 0 aliphatic carbocycles. The first kappa shape index (κ1) is 18.3. The van der Waals surface area contributed by atoms with Crippen LogP contribution in [0.4, 0.5) is 4.39 Å². The molecule has 3 aromatic rings. The minimum atomic E-state index is -0.239. The Kier molecular flexibility index (Phi) is 5.19. The van der Waals surface area contributed by atoms with Gasteiger partial charge in [-0.1, -0.05) is 12.1 Å². The van der Waals surface area contributed by atoms with E-state index in [-0.39, 0.29) is 18.3 Å². The van der Waals surface area contributed by atoms with E-state index in [1.807, 2.05) is 29.3 Å². The number of nitrogens with one attached hydrogen (secondary N) is 1. The quantitative estimate of drug-likeness (QED) is 0.723. The van der Waals surface area contributed by atoms with Crippen LogP contribution in [-0.4, -0.2) is 42.6 Å². The Balaban J connectivity index is 1.35. The second kappa shape index (κ2) is 7.92. The van der Waals surface area contributed by atoms with E-state index in [1.54, 1.807) is 19.2 Å². The van der Waals surface area contributed by atoms with E-state index in [4.69, 9.17) is 9.47 Å². The maximum Gasteiger partial charge on any atom is 0.260 e. The van der Waals surface area contributed by atoms with Crippen molar-refractivity contribution in [2.24, 2.45) is 0 Å². The number of ether oxygens (including phenoxy) is 2. The molecule has 5 nitrogen and oxygen atoms in total. The Labute approximate surface area is 163 Å². The van der Waals surface area contributed by atoms with Crippen molar-refractivity contribution in [1.82, 2.24) is 9.88 Å². The average molecular weight is 382 g/mol. The summed E-state index contributed by atoms with van der Waals surface area (Å²) >= 11 is 0. The molecule has 1 N–H and O–H groups in total. The summed E-state index contributed by atoms with van der Waals surface area (Å²) in [6, 6.07) is 12.1. The van der Waals surface area contributed by atoms with E-state index in [0.717, 1.165) is 23.7 Å². The lowest BCUT2D eigenvalue weighted by Crippen LogP contribution is -2.40. The summed E-state index contributed by atoms with van der Waals surface area (Å²) in [7, 11) is 1.58. The number of hydrogen-bond acceptors (Lipinski definition) is 3. The molecule has 4 rings (SSSR count). The van der Waals surface area contributed by atoms with Crippen LogP contribution in [0.2, 0.25) is 0 Å². The van der Waals surface area contributed by atoms with Crippen LogP contribution in [0, 0.1) is 5.82 Å². The van der Waals surface area contributed by atoms with Crippen LogP contribution in [0.1, 0.15) is 24.3 Å². The number of aromatic nitrogens is 1. The number of halogens is 1. The van der Waals surface area contributed by atoms with Gasteiger partial charge in [-0.2, -0.15) is 0 Å². The average Bonchev–Trinajstić information content (AvgIpc) is 3.15. The minimum absolute atomic E-state index is 0.00258. The van der Waals surface area contributed by atoms with Gasteiger partial charge < -0.3 is 19.4 Å². The number of piperidine rings is 1. The standard InChI is InChI=1S/C22H23FN2O3/c1-27-20-4-2-3-5-21(20)28-14-22(26)25-10-8-15(9-11-25)18-13-24-19-12-16(23)6-7-17(18)19/h2-7,12-13,15,24H,8-11,14H2,1H3. The van der Waals surface area contributed by atoms with E-state index < -0.39 is 0 Å². The van der Waals surface area contributed by atoms with Crippen LogP contribution in [0.5, 0.6) is 11.5 Å². The summed E-state index contributed by atoms with van der Waals surface area (Å²) in [6.07, 6.45) is 3.73. The zero-order valence-corrected chi connectivity index (χ0v) is 15.8. The summed E-state index contributed by atoms with van der Waals surface area (Å²) in [5.74, 6) is 1.28. The molecule has 2 aromatic carbocycles. The number of rotatable bonds is 5. The summed E-state index contributed by atoms with van der Waals surface area (Å²) in [6.45, 7) is 1.37. The number of fused-ring (bicyclic) bond motifs is 1. The lowest BCUT2D eigenvalue weighted by atomic mass is 9.89. The molecule has 0 radical (unpaired) electrons. The number of aromatic amines is 1. The van der Waals surface area contributed by atoms with Crippen LogP contribution >= 0.6 is 0 Å². The highest BCUT2D eigenvalue weighted by molar-refractivity contribution is 5.84. The van der Waals surface area contributed by atoms with Gasteiger partial charge in [0.1, 0.15) is 5.82 Å². The molecule has 1 saturated heterocycles. The Morgan fingerprint density at radius 1 is 1.18 bits per heavy atom.